The largest absolute Gasteiger partial charge is 0.505 e. The molecule has 0 atom stereocenters. The molecule has 0 unspecified atom stereocenters. The second-order valence-electron chi connectivity index (χ2n) is 13.0. The number of phenols is 1. The van der Waals surface area contributed by atoms with Crippen LogP contribution in [0.3, 0.4) is 0 Å². The van der Waals surface area contributed by atoms with Crippen LogP contribution in [0.1, 0.15) is 71.6 Å². The van der Waals surface area contributed by atoms with E-state index in [0.29, 0.717) is 5.56 Å². The number of rotatable bonds is 7. The monoisotopic (exact) mass is 555 g/mol. The average Bonchev–Trinajstić information content (AvgIpc) is 2.88. The molecule has 0 aliphatic carbocycles. The molecule has 0 amide bonds. The quantitative estimate of drug-likeness (QED) is 0.141. The Balaban J connectivity index is 1.94. The Morgan fingerprint density at radius 2 is 1.56 bits per heavy atom. The molecule has 0 spiro atoms. The molecule has 0 fully saturated rings. The molecule has 9 nitrogen and oxygen atoms in total. The molecule has 9 heteroatoms. The number of fused-ring (bicyclic) bond motifs is 1. The van der Waals surface area contributed by atoms with Crippen molar-refractivity contribution in [3.63, 3.8) is 0 Å². The first-order valence-electron chi connectivity index (χ1n) is 13.5. The molecule has 0 aliphatic heterocycles. The summed E-state index contributed by atoms with van der Waals surface area (Å²) < 4.78 is 1.26. The van der Waals surface area contributed by atoms with Crippen LogP contribution < -0.4 is 5.56 Å². The van der Waals surface area contributed by atoms with Gasteiger partial charge in [0.05, 0.1) is 22.2 Å². The lowest BCUT2D eigenvalue weighted by atomic mass is 9.70. The first-order valence-corrected chi connectivity index (χ1v) is 13.5. The van der Waals surface area contributed by atoms with Crippen LogP contribution >= 0.6 is 0 Å². The summed E-state index contributed by atoms with van der Waals surface area (Å²) >= 11 is 0. The van der Waals surface area contributed by atoms with Gasteiger partial charge in [0.15, 0.2) is 5.69 Å². The average molecular weight is 556 g/mol. The van der Waals surface area contributed by atoms with Crippen LogP contribution in [0.25, 0.3) is 10.9 Å². The first kappa shape index (κ1) is 29.6. The summed E-state index contributed by atoms with van der Waals surface area (Å²) in [6.45, 7) is 15.0. The molecule has 0 saturated carbocycles. The van der Waals surface area contributed by atoms with E-state index in [1.807, 2.05) is 50.2 Å². The van der Waals surface area contributed by atoms with Gasteiger partial charge in [0.1, 0.15) is 11.4 Å². The zero-order valence-corrected chi connectivity index (χ0v) is 24.9. The zero-order valence-electron chi connectivity index (χ0n) is 24.9. The van der Waals surface area contributed by atoms with Crippen molar-refractivity contribution in [3.05, 3.63) is 98.1 Å². The summed E-state index contributed by atoms with van der Waals surface area (Å²) in [5, 5.41) is 32.2. The lowest BCUT2D eigenvalue weighted by molar-refractivity contribution is -0.384. The predicted octanol–water partition coefficient (Wildman–Crippen LogP) is 8.00. The van der Waals surface area contributed by atoms with Crippen LogP contribution in [0.15, 0.2) is 75.9 Å². The number of aromatic nitrogens is 2. The number of aryl methyl sites for hydroxylation is 1. The minimum Gasteiger partial charge on any atom is -0.505 e. The van der Waals surface area contributed by atoms with E-state index in [1.165, 1.54) is 30.1 Å². The maximum atomic E-state index is 12.5. The second kappa shape index (κ2) is 10.5. The Morgan fingerprint density at radius 1 is 0.927 bits per heavy atom. The highest BCUT2D eigenvalue weighted by Gasteiger charge is 2.33. The standard InChI is InChI=1S/C32H37N5O4/c1-30(2,3)18-31(4,5)21-14-23(32(6,7)20-12-10-9-11-13-20)28(38)26(15-21)35-34-25-17-24-22(16-27(25)37(40)41)29(39)36(8)19-33-24/h9-17,19,38H,18H2,1-8H3. The molecule has 1 N–H and O–H groups in total. The maximum Gasteiger partial charge on any atom is 0.297 e. The molecular weight excluding hydrogens is 518 g/mol. The normalized spacial score (nSPS) is 12.8. The van der Waals surface area contributed by atoms with Crippen molar-refractivity contribution < 1.29 is 10.0 Å². The molecule has 0 aliphatic rings. The molecule has 4 rings (SSSR count). The summed E-state index contributed by atoms with van der Waals surface area (Å²) in [4.78, 5) is 28.1. The second-order valence-corrected chi connectivity index (χ2v) is 13.0. The van der Waals surface area contributed by atoms with Crippen molar-refractivity contribution in [2.24, 2.45) is 22.7 Å². The smallest absolute Gasteiger partial charge is 0.297 e. The Bertz CT molecular complexity index is 1710. The van der Waals surface area contributed by atoms with Crippen LogP contribution in [0.5, 0.6) is 5.75 Å². The predicted molar refractivity (Wildman–Crippen MR) is 162 cm³/mol. The lowest BCUT2D eigenvalue weighted by Crippen LogP contribution is -2.26. The van der Waals surface area contributed by atoms with E-state index < -0.39 is 15.9 Å². The number of nitro groups is 1. The minimum atomic E-state index is -0.604. The number of hydrogen-bond donors (Lipinski definition) is 1. The fourth-order valence-corrected chi connectivity index (χ4v) is 5.57. The molecule has 4 aromatic rings. The van der Waals surface area contributed by atoms with Crippen molar-refractivity contribution in [3.8, 4) is 5.75 Å². The van der Waals surface area contributed by atoms with Gasteiger partial charge < -0.3 is 9.67 Å². The number of azo groups is 1. The SMILES string of the molecule is Cn1cnc2cc(N=Nc3cc(C(C)(C)CC(C)(C)C)cc(C(C)(C)c4ccccc4)c3O)c([N+](=O)[O-])cc2c1=O. The van der Waals surface area contributed by atoms with Crippen LogP contribution in [0.4, 0.5) is 17.1 Å². The van der Waals surface area contributed by atoms with Gasteiger partial charge in [-0.2, -0.15) is 0 Å². The van der Waals surface area contributed by atoms with Gasteiger partial charge in [-0.1, -0.05) is 84.9 Å². The fraction of sp³-hybridized carbons (Fsp3) is 0.375. The fourth-order valence-electron chi connectivity index (χ4n) is 5.57. The molecule has 0 saturated heterocycles. The zero-order chi connectivity index (χ0) is 30.3. The molecular formula is C32H37N5O4. The van der Waals surface area contributed by atoms with Crippen molar-refractivity contribution >= 4 is 28.0 Å². The highest BCUT2D eigenvalue weighted by Crippen LogP contribution is 2.47. The number of benzene rings is 3. The van der Waals surface area contributed by atoms with E-state index >= 15 is 0 Å². The van der Waals surface area contributed by atoms with Crippen molar-refractivity contribution in [1.29, 1.82) is 0 Å². The molecule has 41 heavy (non-hydrogen) atoms. The van der Waals surface area contributed by atoms with Crippen LogP contribution in [0.2, 0.25) is 0 Å². The molecule has 0 bridgehead atoms. The molecule has 214 valence electrons. The lowest BCUT2D eigenvalue weighted by Gasteiger charge is -2.35. The van der Waals surface area contributed by atoms with Gasteiger partial charge in [-0.15, -0.1) is 10.2 Å². The molecule has 3 aromatic carbocycles. The Morgan fingerprint density at radius 3 is 2.17 bits per heavy atom. The third kappa shape index (κ3) is 6.04. The number of hydrogen-bond acceptors (Lipinski definition) is 7. The highest BCUT2D eigenvalue weighted by molar-refractivity contribution is 5.85. The van der Waals surface area contributed by atoms with Crippen molar-refractivity contribution in [2.45, 2.75) is 65.7 Å². The van der Waals surface area contributed by atoms with E-state index in [-0.39, 0.29) is 44.5 Å². The first-order chi connectivity index (χ1) is 19.0. The van der Waals surface area contributed by atoms with Crippen molar-refractivity contribution in [1.82, 2.24) is 9.55 Å². The van der Waals surface area contributed by atoms with Gasteiger partial charge in [-0.25, -0.2) is 4.98 Å². The van der Waals surface area contributed by atoms with Crippen LogP contribution in [-0.4, -0.2) is 19.6 Å². The summed E-state index contributed by atoms with van der Waals surface area (Å²) in [7, 11) is 1.53. The molecule has 1 heterocycles. The highest BCUT2D eigenvalue weighted by atomic mass is 16.6. The minimum absolute atomic E-state index is 0.0357. The molecule has 0 radical (unpaired) electrons. The van der Waals surface area contributed by atoms with Gasteiger partial charge >= 0.3 is 0 Å². The summed E-state index contributed by atoms with van der Waals surface area (Å²) in [6, 6.07) is 16.3. The van der Waals surface area contributed by atoms with E-state index in [2.05, 4.69) is 49.8 Å². The number of aromatic hydroxyl groups is 1. The Kier molecular flexibility index (Phi) is 7.60. The van der Waals surface area contributed by atoms with Gasteiger partial charge in [0, 0.05) is 24.1 Å². The van der Waals surface area contributed by atoms with Gasteiger partial charge in [-0.3, -0.25) is 14.9 Å². The third-order valence-corrected chi connectivity index (χ3v) is 7.49. The summed E-state index contributed by atoms with van der Waals surface area (Å²) in [5.41, 5.74) is 1.46. The van der Waals surface area contributed by atoms with E-state index in [0.717, 1.165) is 17.5 Å². The third-order valence-electron chi connectivity index (χ3n) is 7.49. The van der Waals surface area contributed by atoms with Gasteiger partial charge in [0.25, 0.3) is 11.2 Å². The summed E-state index contributed by atoms with van der Waals surface area (Å²) in [6.07, 6.45) is 2.21. The number of nitro benzene ring substituents is 1. The van der Waals surface area contributed by atoms with E-state index in [4.69, 9.17) is 0 Å². The Hall–Kier alpha value is -4.40. The topological polar surface area (TPSA) is 123 Å². The number of nitrogens with zero attached hydrogens (tertiary/aromatic N) is 5. The van der Waals surface area contributed by atoms with E-state index in [1.54, 1.807) is 6.07 Å². The van der Waals surface area contributed by atoms with Crippen molar-refractivity contribution in [2.75, 3.05) is 0 Å². The van der Waals surface area contributed by atoms with Crippen LogP contribution in [-0.2, 0) is 17.9 Å². The maximum absolute atomic E-state index is 12.5. The Labute approximate surface area is 239 Å². The van der Waals surface area contributed by atoms with E-state index in [9.17, 15) is 20.0 Å². The summed E-state index contributed by atoms with van der Waals surface area (Å²) in [5.74, 6) is -0.0478. The van der Waals surface area contributed by atoms with Gasteiger partial charge in [-0.05, 0) is 40.5 Å². The van der Waals surface area contributed by atoms with Crippen LogP contribution in [0, 0.1) is 15.5 Å². The van der Waals surface area contributed by atoms with Gasteiger partial charge in [0.2, 0.25) is 0 Å². The number of phenolic OH excluding ortho intramolecular Hbond substituents is 1. The molecule has 1 aromatic heterocycles.